The molecule has 0 aliphatic carbocycles. The predicted octanol–water partition coefficient (Wildman–Crippen LogP) is 3.50. The van der Waals surface area contributed by atoms with Crippen LogP contribution in [0.4, 0.5) is 17.1 Å². The Balaban J connectivity index is 2.03. The summed E-state index contributed by atoms with van der Waals surface area (Å²) in [4.78, 5) is 4.66. The fourth-order valence-electron chi connectivity index (χ4n) is 2.64. The van der Waals surface area contributed by atoms with Crippen LogP contribution in [-0.2, 0) is 6.54 Å². The number of fused-ring (bicyclic) bond motifs is 1. The maximum atomic E-state index is 5.72. The Morgan fingerprint density at radius 3 is 2.55 bits per heavy atom. The minimum atomic E-state index is 0.556. The standard InChI is InChI=1S/C16H18BrN3/c1-19-8-9-20(16-5-3-2-4-15(16)19)13-7-6-12(11-18)14(17)10-13/h2-7,10H,8-9,11,18H2,1H3. The minimum absolute atomic E-state index is 0.556. The molecule has 1 aliphatic heterocycles. The van der Waals surface area contributed by atoms with Gasteiger partial charge in [0.2, 0.25) is 0 Å². The highest BCUT2D eigenvalue weighted by Crippen LogP contribution is 2.37. The van der Waals surface area contributed by atoms with Crippen molar-refractivity contribution in [1.29, 1.82) is 0 Å². The Morgan fingerprint density at radius 2 is 1.85 bits per heavy atom. The lowest BCUT2D eigenvalue weighted by Crippen LogP contribution is -2.36. The van der Waals surface area contributed by atoms with Crippen molar-refractivity contribution >= 4 is 33.0 Å². The Morgan fingerprint density at radius 1 is 1.10 bits per heavy atom. The van der Waals surface area contributed by atoms with E-state index in [1.807, 2.05) is 0 Å². The molecule has 0 radical (unpaired) electrons. The highest BCUT2D eigenvalue weighted by Gasteiger charge is 2.21. The van der Waals surface area contributed by atoms with E-state index in [0.717, 1.165) is 23.1 Å². The van der Waals surface area contributed by atoms with Crippen molar-refractivity contribution in [3.63, 3.8) is 0 Å². The summed E-state index contributed by atoms with van der Waals surface area (Å²) in [7, 11) is 2.14. The average Bonchev–Trinajstić information content (AvgIpc) is 2.48. The number of rotatable bonds is 2. The van der Waals surface area contributed by atoms with Gasteiger partial charge in [0.15, 0.2) is 0 Å². The van der Waals surface area contributed by atoms with Crippen LogP contribution in [-0.4, -0.2) is 20.1 Å². The third-order valence-electron chi connectivity index (χ3n) is 3.81. The van der Waals surface area contributed by atoms with Crippen LogP contribution < -0.4 is 15.5 Å². The molecule has 20 heavy (non-hydrogen) atoms. The molecule has 0 amide bonds. The Kier molecular flexibility index (Phi) is 3.68. The molecular formula is C16H18BrN3. The number of halogens is 1. The van der Waals surface area contributed by atoms with E-state index < -0.39 is 0 Å². The largest absolute Gasteiger partial charge is 0.371 e. The Bertz CT molecular complexity index is 627. The van der Waals surface area contributed by atoms with Gasteiger partial charge in [-0.1, -0.05) is 34.1 Å². The number of hydrogen-bond acceptors (Lipinski definition) is 3. The first-order chi connectivity index (χ1) is 9.70. The van der Waals surface area contributed by atoms with Crippen LogP contribution in [0.1, 0.15) is 5.56 Å². The van der Waals surface area contributed by atoms with Gasteiger partial charge in [0.25, 0.3) is 0 Å². The van der Waals surface area contributed by atoms with Crippen LogP contribution in [0.25, 0.3) is 0 Å². The lowest BCUT2D eigenvalue weighted by molar-refractivity contribution is 0.821. The van der Waals surface area contributed by atoms with Gasteiger partial charge in [0.05, 0.1) is 11.4 Å². The second-order valence-electron chi connectivity index (χ2n) is 5.04. The second kappa shape index (κ2) is 5.46. The van der Waals surface area contributed by atoms with E-state index in [-0.39, 0.29) is 0 Å². The van der Waals surface area contributed by atoms with Crippen LogP contribution in [0.15, 0.2) is 46.9 Å². The van der Waals surface area contributed by atoms with Crippen LogP contribution in [0.2, 0.25) is 0 Å². The molecule has 2 aromatic carbocycles. The third-order valence-corrected chi connectivity index (χ3v) is 4.55. The van der Waals surface area contributed by atoms with E-state index >= 15 is 0 Å². The third kappa shape index (κ3) is 2.30. The molecule has 104 valence electrons. The van der Waals surface area contributed by atoms with Crippen LogP contribution in [0, 0.1) is 0 Å². The predicted molar refractivity (Wildman–Crippen MR) is 88.8 cm³/mol. The maximum absolute atomic E-state index is 5.72. The van der Waals surface area contributed by atoms with E-state index in [0.29, 0.717) is 6.54 Å². The number of likely N-dealkylation sites (N-methyl/N-ethyl adjacent to an activating group) is 1. The molecule has 0 unspecified atom stereocenters. The summed E-state index contributed by atoms with van der Waals surface area (Å²) >= 11 is 3.61. The first-order valence-electron chi connectivity index (χ1n) is 6.77. The summed E-state index contributed by atoms with van der Waals surface area (Å²) in [6, 6.07) is 14.9. The van der Waals surface area contributed by atoms with Gasteiger partial charge < -0.3 is 15.5 Å². The summed E-state index contributed by atoms with van der Waals surface area (Å²) in [6.45, 7) is 2.56. The van der Waals surface area contributed by atoms with Gasteiger partial charge in [-0.05, 0) is 29.8 Å². The van der Waals surface area contributed by atoms with Crippen molar-refractivity contribution in [3.8, 4) is 0 Å². The molecule has 1 heterocycles. The lowest BCUT2D eigenvalue weighted by atomic mass is 10.1. The molecule has 0 fully saturated rings. The van der Waals surface area contributed by atoms with Gasteiger partial charge in [-0.3, -0.25) is 0 Å². The molecular weight excluding hydrogens is 314 g/mol. The molecule has 0 saturated heterocycles. The molecule has 0 aromatic heterocycles. The summed E-state index contributed by atoms with van der Waals surface area (Å²) < 4.78 is 1.08. The van der Waals surface area contributed by atoms with Gasteiger partial charge in [-0.25, -0.2) is 0 Å². The Labute approximate surface area is 128 Å². The summed E-state index contributed by atoms with van der Waals surface area (Å²) in [6.07, 6.45) is 0. The normalized spacial score (nSPS) is 14.3. The molecule has 3 nitrogen and oxygen atoms in total. The highest BCUT2D eigenvalue weighted by molar-refractivity contribution is 9.10. The number of para-hydroxylation sites is 2. The number of nitrogens with two attached hydrogens (primary N) is 1. The van der Waals surface area contributed by atoms with Crippen molar-refractivity contribution in [3.05, 3.63) is 52.5 Å². The van der Waals surface area contributed by atoms with Crippen molar-refractivity contribution in [2.45, 2.75) is 6.54 Å². The van der Waals surface area contributed by atoms with Crippen LogP contribution in [0.3, 0.4) is 0 Å². The molecule has 0 bridgehead atoms. The summed E-state index contributed by atoms with van der Waals surface area (Å²) in [5.74, 6) is 0. The first-order valence-corrected chi connectivity index (χ1v) is 7.56. The maximum Gasteiger partial charge on any atom is 0.0649 e. The SMILES string of the molecule is CN1CCN(c2ccc(CN)c(Br)c2)c2ccccc21. The monoisotopic (exact) mass is 331 g/mol. The molecule has 4 heteroatoms. The highest BCUT2D eigenvalue weighted by atomic mass is 79.9. The van der Waals surface area contributed by atoms with E-state index in [4.69, 9.17) is 5.73 Å². The Hall–Kier alpha value is -1.52. The summed E-state index contributed by atoms with van der Waals surface area (Å²) in [5.41, 5.74) is 10.6. The van der Waals surface area contributed by atoms with Crippen molar-refractivity contribution in [2.24, 2.45) is 5.73 Å². The van der Waals surface area contributed by atoms with E-state index in [9.17, 15) is 0 Å². The fraction of sp³-hybridized carbons (Fsp3) is 0.250. The molecule has 0 atom stereocenters. The van der Waals surface area contributed by atoms with Crippen LogP contribution in [0.5, 0.6) is 0 Å². The van der Waals surface area contributed by atoms with Gasteiger partial charge in [0, 0.05) is 36.8 Å². The van der Waals surface area contributed by atoms with Gasteiger partial charge in [-0.2, -0.15) is 0 Å². The lowest BCUT2D eigenvalue weighted by Gasteiger charge is -2.37. The van der Waals surface area contributed by atoms with Gasteiger partial charge in [-0.15, -0.1) is 0 Å². The van der Waals surface area contributed by atoms with Gasteiger partial charge in [0.1, 0.15) is 0 Å². The van der Waals surface area contributed by atoms with Crippen molar-refractivity contribution in [2.75, 3.05) is 29.9 Å². The van der Waals surface area contributed by atoms with E-state index in [1.165, 1.54) is 17.1 Å². The topological polar surface area (TPSA) is 32.5 Å². The van der Waals surface area contributed by atoms with Crippen LogP contribution >= 0.6 is 15.9 Å². The first kappa shape index (κ1) is 13.5. The van der Waals surface area contributed by atoms with E-state index in [1.54, 1.807) is 0 Å². The van der Waals surface area contributed by atoms with Crippen molar-refractivity contribution < 1.29 is 0 Å². The molecule has 2 aromatic rings. The minimum Gasteiger partial charge on any atom is -0.371 e. The zero-order chi connectivity index (χ0) is 14.1. The molecule has 1 aliphatic rings. The molecule has 0 spiro atoms. The quantitative estimate of drug-likeness (QED) is 0.914. The molecule has 3 rings (SSSR count). The smallest absolute Gasteiger partial charge is 0.0649 e. The number of anilines is 3. The molecule has 0 saturated carbocycles. The number of nitrogens with zero attached hydrogens (tertiary/aromatic N) is 2. The summed E-state index contributed by atoms with van der Waals surface area (Å²) in [5, 5.41) is 0. The number of benzene rings is 2. The number of hydrogen-bond donors (Lipinski definition) is 1. The zero-order valence-corrected chi connectivity index (χ0v) is 13.1. The zero-order valence-electron chi connectivity index (χ0n) is 11.5. The van der Waals surface area contributed by atoms with Gasteiger partial charge >= 0.3 is 0 Å². The van der Waals surface area contributed by atoms with E-state index in [2.05, 4.69) is 75.2 Å². The average molecular weight is 332 g/mol. The van der Waals surface area contributed by atoms with Crippen molar-refractivity contribution in [1.82, 2.24) is 0 Å². The second-order valence-corrected chi connectivity index (χ2v) is 5.90. The molecule has 2 N–H and O–H groups in total. The fourth-order valence-corrected chi connectivity index (χ4v) is 3.17.